The Labute approximate surface area is 176 Å². The molecular formula is C23H29N3O4. The summed E-state index contributed by atoms with van der Waals surface area (Å²) in [5.74, 6) is 0.773. The minimum absolute atomic E-state index is 0.143. The van der Waals surface area contributed by atoms with Gasteiger partial charge >= 0.3 is 0 Å². The highest BCUT2D eigenvalue weighted by molar-refractivity contribution is 6.05. The number of carbonyl (C=O) groups excluding carboxylic acids is 3. The van der Waals surface area contributed by atoms with Crippen LogP contribution in [0.4, 0.5) is 0 Å². The largest absolute Gasteiger partial charge is 0.489 e. The second-order valence-corrected chi connectivity index (χ2v) is 9.26. The number of nitrogens with one attached hydrogen (secondary N) is 1. The van der Waals surface area contributed by atoms with Crippen LogP contribution in [0.2, 0.25) is 0 Å². The Bertz CT molecular complexity index is 885. The van der Waals surface area contributed by atoms with Gasteiger partial charge in [0.25, 0.3) is 5.91 Å². The van der Waals surface area contributed by atoms with Crippen molar-refractivity contribution in [2.75, 3.05) is 13.1 Å². The van der Waals surface area contributed by atoms with Crippen LogP contribution in [0, 0.1) is 5.92 Å². The fourth-order valence-corrected chi connectivity index (χ4v) is 5.53. The molecule has 7 nitrogen and oxygen atoms in total. The average molecular weight is 412 g/mol. The smallest absolute Gasteiger partial charge is 0.255 e. The fraction of sp³-hybridized carbons (Fsp3) is 0.609. The standard InChI is InChI=1S/C23H29N3O4/c1-14-9-10-25(12-14)18-3-2-4-20(18)30-16-5-6-17-15(11-16)13-26(23(17)29)19-7-8-21(27)24-22(19)28/h5-6,11,14,18-20H,2-4,7-10,12-13H2,1H3,(H,24,27,28)/t14-,18+,19?,20-/m0/s1. The lowest BCUT2D eigenvalue weighted by atomic mass is 10.0. The predicted octanol–water partition coefficient (Wildman–Crippen LogP) is 2.09. The van der Waals surface area contributed by atoms with E-state index in [0.29, 0.717) is 24.6 Å². The molecule has 1 aromatic rings. The van der Waals surface area contributed by atoms with Gasteiger partial charge in [-0.15, -0.1) is 0 Å². The number of benzene rings is 1. The molecule has 1 N–H and O–H groups in total. The van der Waals surface area contributed by atoms with Crippen LogP contribution in [-0.4, -0.2) is 58.8 Å². The maximum Gasteiger partial charge on any atom is 0.255 e. The number of rotatable bonds is 4. The summed E-state index contributed by atoms with van der Waals surface area (Å²) in [6, 6.07) is 5.56. The lowest BCUT2D eigenvalue weighted by Crippen LogP contribution is -2.52. The lowest BCUT2D eigenvalue weighted by Gasteiger charge is -2.30. The van der Waals surface area contributed by atoms with Crippen LogP contribution in [0.1, 0.15) is 61.4 Å². The summed E-state index contributed by atoms with van der Waals surface area (Å²) >= 11 is 0. The predicted molar refractivity (Wildman–Crippen MR) is 110 cm³/mol. The molecule has 1 unspecified atom stereocenters. The van der Waals surface area contributed by atoms with Crippen molar-refractivity contribution in [3.05, 3.63) is 29.3 Å². The first-order chi connectivity index (χ1) is 14.5. The topological polar surface area (TPSA) is 79.0 Å². The molecule has 4 atom stereocenters. The molecule has 3 amide bonds. The Morgan fingerprint density at radius 3 is 2.73 bits per heavy atom. The first kappa shape index (κ1) is 19.5. The molecular weight excluding hydrogens is 382 g/mol. The summed E-state index contributed by atoms with van der Waals surface area (Å²) in [5, 5.41) is 2.35. The summed E-state index contributed by atoms with van der Waals surface area (Å²) in [7, 11) is 0. The van der Waals surface area contributed by atoms with Crippen LogP contribution in [0.15, 0.2) is 18.2 Å². The normalized spacial score (nSPS) is 31.9. The van der Waals surface area contributed by atoms with Gasteiger partial charge in [-0.3, -0.25) is 24.6 Å². The van der Waals surface area contributed by atoms with E-state index in [2.05, 4.69) is 17.1 Å². The molecule has 3 heterocycles. The average Bonchev–Trinajstić information content (AvgIpc) is 3.41. The highest BCUT2D eigenvalue weighted by Crippen LogP contribution is 2.34. The van der Waals surface area contributed by atoms with Gasteiger partial charge in [0.2, 0.25) is 11.8 Å². The van der Waals surface area contributed by atoms with E-state index in [4.69, 9.17) is 4.74 Å². The van der Waals surface area contributed by atoms with Crippen molar-refractivity contribution in [1.82, 2.24) is 15.1 Å². The van der Waals surface area contributed by atoms with Crippen molar-refractivity contribution in [1.29, 1.82) is 0 Å². The maximum atomic E-state index is 12.8. The van der Waals surface area contributed by atoms with Crippen molar-refractivity contribution in [3.63, 3.8) is 0 Å². The number of carbonyl (C=O) groups is 3. The lowest BCUT2D eigenvalue weighted by molar-refractivity contribution is -0.136. The van der Waals surface area contributed by atoms with Crippen molar-refractivity contribution < 1.29 is 19.1 Å². The summed E-state index contributed by atoms with van der Waals surface area (Å²) < 4.78 is 6.42. The minimum atomic E-state index is -0.580. The molecule has 0 aromatic heterocycles. The Balaban J connectivity index is 1.29. The van der Waals surface area contributed by atoms with Gasteiger partial charge in [0.15, 0.2) is 0 Å². The number of imide groups is 1. The number of likely N-dealkylation sites (tertiary alicyclic amines) is 1. The van der Waals surface area contributed by atoms with E-state index < -0.39 is 6.04 Å². The van der Waals surface area contributed by atoms with Gasteiger partial charge < -0.3 is 9.64 Å². The zero-order chi connectivity index (χ0) is 20.8. The van der Waals surface area contributed by atoms with Gasteiger partial charge in [-0.1, -0.05) is 6.92 Å². The van der Waals surface area contributed by atoms with E-state index in [9.17, 15) is 14.4 Å². The molecule has 2 saturated heterocycles. The number of hydrogen-bond acceptors (Lipinski definition) is 5. The van der Waals surface area contributed by atoms with E-state index in [-0.39, 0.29) is 30.2 Å². The first-order valence-electron chi connectivity index (χ1n) is 11.2. The minimum Gasteiger partial charge on any atom is -0.489 e. The van der Waals surface area contributed by atoms with Gasteiger partial charge in [0.1, 0.15) is 17.9 Å². The molecule has 4 aliphatic rings. The third kappa shape index (κ3) is 3.49. The second-order valence-electron chi connectivity index (χ2n) is 9.26. The van der Waals surface area contributed by atoms with E-state index >= 15 is 0 Å². The van der Waals surface area contributed by atoms with E-state index in [1.807, 2.05) is 18.2 Å². The first-order valence-corrected chi connectivity index (χ1v) is 11.2. The van der Waals surface area contributed by atoms with Crippen molar-refractivity contribution in [2.45, 2.75) is 70.2 Å². The number of amides is 3. The molecule has 0 bridgehead atoms. The summed E-state index contributed by atoms with van der Waals surface area (Å²) in [4.78, 5) is 40.7. The number of fused-ring (bicyclic) bond motifs is 1. The molecule has 1 aromatic carbocycles. The molecule has 7 heteroatoms. The van der Waals surface area contributed by atoms with Crippen molar-refractivity contribution in [2.24, 2.45) is 5.92 Å². The highest BCUT2D eigenvalue weighted by atomic mass is 16.5. The fourth-order valence-electron chi connectivity index (χ4n) is 5.53. The Kier molecular flexibility index (Phi) is 5.01. The second kappa shape index (κ2) is 7.69. The van der Waals surface area contributed by atoms with Gasteiger partial charge in [-0.05, 0) is 68.3 Å². The summed E-state index contributed by atoms with van der Waals surface area (Å²) in [5.41, 5.74) is 1.52. The van der Waals surface area contributed by atoms with Crippen molar-refractivity contribution in [3.8, 4) is 5.75 Å². The number of piperidine rings is 1. The zero-order valence-corrected chi connectivity index (χ0v) is 17.4. The molecule has 3 fully saturated rings. The Hall–Kier alpha value is -2.41. The van der Waals surface area contributed by atoms with Gasteiger partial charge in [-0.25, -0.2) is 0 Å². The molecule has 0 radical (unpaired) electrons. The van der Waals surface area contributed by atoms with Gasteiger partial charge in [-0.2, -0.15) is 0 Å². The number of ether oxygens (including phenoxy) is 1. The molecule has 1 aliphatic carbocycles. The Morgan fingerprint density at radius 1 is 1.10 bits per heavy atom. The third-order valence-corrected chi connectivity index (χ3v) is 7.12. The van der Waals surface area contributed by atoms with Crippen molar-refractivity contribution >= 4 is 17.7 Å². The van der Waals surface area contributed by atoms with Gasteiger partial charge in [0.05, 0.1) is 0 Å². The number of hydrogen-bond donors (Lipinski definition) is 1. The van der Waals surface area contributed by atoms with Crippen LogP contribution >= 0.6 is 0 Å². The monoisotopic (exact) mass is 411 g/mol. The summed E-state index contributed by atoms with van der Waals surface area (Å²) in [6.45, 7) is 5.02. The molecule has 3 aliphatic heterocycles. The molecule has 30 heavy (non-hydrogen) atoms. The molecule has 160 valence electrons. The Morgan fingerprint density at radius 2 is 1.97 bits per heavy atom. The van der Waals surface area contributed by atoms with Crippen LogP contribution in [0.3, 0.4) is 0 Å². The van der Waals surface area contributed by atoms with E-state index in [1.54, 1.807) is 4.90 Å². The third-order valence-electron chi connectivity index (χ3n) is 7.12. The van der Waals surface area contributed by atoms with Crippen LogP contribution in [0.5, 0.6) is 5.75 Å². The van der Waals surface area contributed by atoms with Gasteiger partial charge in [0, 0.05) is 31.1 Å². The molecule has 5 rings (SSSR count). The van der Waals surface area contributed by atoms with Crippen LogP contribution < -0.4 is 10.1 Å². The van der Waals surface area contributed by atoms with E-state index in [1.165, 1.54) is 19.3 Å². The maximum absolute atomic E-state index is 12.8. The molecule has 1 saturated carbocycles. The highest BCUT2D eigenvalue weighted by Gasteiger charge is 2.40. The van der Waals surface area contributed by atoms with Crippen LogP contribution in [-0.2, 0) is 16.1 Å². The van der Waals surface area contributed by atoms with Crippen LogP contribution in [0.25, 0.3) is 0 Å². The zero-order valence-electron chi connectivity index (χ0n) is 17.4. The SMILES string of the molecule is C[C@H]1CCN([C@@H]2CCC[C@@H]2Oc2ccc3c(c2)CN(C2CCC(=O)NC2=O)C3=O)C1. The molecule has 0 spiro atoms. The van der Waals surface area contributed by atoms with E-state index in [0.717, 1.165) is 36.7 Å². The quantitative estimate of drug-likeness (QED) is 0.768. The number of nitrogens with zero attached hydrogens (tertiary/aromatic N) is 2. The summed E-state index contributed by atoms with van der Waals surface area (Å²) in [6.07, 6.45) is 5.54.